The average Bonchev–Trinajstić information content (AvgIpc) is 2.98. The molecule has 2 aromatic carbocycles. The van der Waals surface area contributed by atoms with Crippen LogP contribution in [0.5, 0.6) is 5.75 Å². The summed E-state index contributed by atoms with van der Waals surface area (Å²) in [6.07, 6.45) is 7.51. The summed E-state index contributed by atoms with van der Waals surface area (Å²) >= 11 is 0. The predicted molar refractivity (Wildman–Crippen MR) is 154 cm³/mol. The first-order valence-electron chi connectivity index (χ1n) is 14.0. The monoisotopic (exact) mass is 542 g/mol. The van der Waals surface area contributed by atoms with E-state index in [1.807, 2.05) is 54.6 Å². The van der Waals surface area contributed by atoms with Gasteiger partial charge < -0.3 is 20.3 Å². The Labute approximate surface area is 236 Å². The standard InChI is InChI=1S/C32H38N4O4/c1-40-27-20-18-25(19-21-27)31(32(39)34-26-13-6-3-7-14-26)36(23-24-11-4-2-5-12-24)30(38)17-10-16-29(37)35-28-15-8-9-22-33-28/h2,4-5,8-9,11-12,15,18-22,26,31H,3,6-7,10,13-14,16-17,23H2,1H3,(H,34,39)(H,33,35,37)/t31-/m0/s1. The van der Waals surface area contributed by atoms with E-state index in [1.54, 1.807) is 36.4 Å². The number of rotatable bonds is 12. The Bertz CT molecular complexity index is 1230. The number of carbonyl (C=O) groups excluding carboxylic acids is 3. The molecular weight excluding hydrogens is 504 g/mol. The highest BCUT2D eigenvalue weighted by atomic mass is 16.5. The number of hydrogen-bond acceptors (Lipinski definition) is 5. The summed E-state index contributed by atoms with van der Waals surface area (Å²) in [7, 11) is 1.59. The summed E-state index contributed by atoms with van der Waals surface area (Å²) in [5, 5.41) is 5.99. The molecule has 1 aliphatic carbocycles. The summed E-state index contributed by atoms with van der Waals surface area (Å²) in [6.45, 7) is 0.272. The van der Waals surface area contributed by atoms with Crippen LogP contribution >= 0.6 is 0 Å². The van der Waals surface area contributed by atoms with Crippen LogP contribution in [0.3, 0.4) is 0 Å². The fraction of sp³-hybridized carbons (Fsp3) is 0.375. The Morgan fingerprint density at radius 3 is 2.33 bits per heavy atom. The number of pyridine rings is 1. The van der Waals surface area contributed by atoms with Crippen LogP contribution < -0.4 is 15.4 Å². The Morgan fingerprint density at radius 1 is 0.925 bits per heavy atom. The Hall–Kier alpha value is -4.20. The first-order chi connectivity index (χ1) is 19.5. The van der Waals surface area contributed by atoms with Crippen LogP contribution in [0.1, 0.15) is 68.5 Å². The molecule has 8 nitrogen and oxygen atoms in total. The van der Waals surface area contributed by atoms with Gasteiger partial charge in [-0.1, -0.05) is 67.8 Å². The van der Waals surface area contributed by atoms with Gasteiger partial charge in [0.1, 0.15) is 17.6 Å². The fourth-order valence-electron chi connectivity index (χ4n) is 5.08. The lowest BCUT2D eigenvalue weighted by molar-refractivity contribution is -0.142. The summed E-state index contributed by atoms with van der Waals surface area (Å²) in [6, 6.07) is 21.5. The van der Waals surface area contributed by atoms with E-state index in [2.05, 4.69) is 15.6 Å². The number of amides is 3. The molecular formula is C32H38N4O4. The summed E-state index contributed by atoms with van der Waals surface area (Å²) in [4.78, 5) is 45.9. The van der Waals surface area contributed by atoms with Crippen LogP contribution in [0.4, 0.5) is 5.82 Å². The second kappa shape index (κ2) is 14.8. The number of methoxy groups -OCH3 is 1. The SMILES string of the molecule is COc1ccc([C@@H](C(=O)NC2CCCCC2)N(Cc2ccccc2)C(=O)CCCC(=O)Nc2ccccn2)cc1. The molecule has 210 valence electrons. The van der Waals surface area contributed by atoms with Crippen molar-refractivity contribution in [3.05, 3.63) is 90.1 Å². The van der Waals surface area contributed by atoms with E-state index in [0.29, 0.717) is 23.6 Å². The van der Waals surface area contributed by atoms with Crippen LogP contribution in [0.2, 0.25) is 0 Å². The van der Waals surface area contributed by atoms with Gasteiger partial charge in [-0.25, -0.2) is 4.98 Å². The van der Waals surface area contributed by atoms with E-state index in [9.17, 15) is 14.4 Å². The Kier molecular flexibility index (Phi) is 10.7. The average molecular weight is 543 g/mol. The third-order valence-corrected chi connectivity index (χ3v) is 7.19. The number of benzene rings is 2. The first kappa shape index (κ1) is 28.8. The van der Waals surface area contributed by atoms with Crippen LogP contribution in [-0.2, 0) is 20.9 Å². The second-order valence-electron chi connectivity index (χ2n) is 10.1. The Balaban J connectivity index is 1.54. The van der Waals surface area contributed by atoms with Gasteiger partial charge in [0, 0.05) is 31.6 Å². The third kappa shape index (κ3) is 8.40. The van der Waals surface area contributed by atoms with Crippen LogP contribution in [-0.4, -0.2) is 40.8 Å². The van der Waals surface area contributed by atoms with Gasteiger partial charge in [0.15, 0.2) is 0 Å². The van der Waals surface area contributed by atoms with Crippen LogP contribution in [0.25, 0.3) is 0 Å². The number of anilines is 1. The van der Waals surface area contributed by atoms with E-state index in [-0.39, 0.29) is 43.1 Å². The molecule has 1 atom stereocenters. The second-order valence-corrected chi connectivity index (χ2v) is 10.1. The van der Waals surface area contributed by atoms with Crippen LogP contribution in [0, 0.1) is 0 Å². The van der Waals surface area contributed by atoms with Crippen molar-refractivity contribution in [1.82, 2.24) is 15.2 Å². The molecule has 3 aromatic rings. The van der Waals surface area contributed by atoms with Crippen molar-refractivity contribution < 1.29 is 19.1 Å². The smallest absolute Gasteiger partial charge is 0.247 e. The fourth-order valence-corrected chi connectivity index (χ4v) is 5.08. The molecule has 1 saturated carbocycles. The molecule has 1 aromatic heterocycles. The zero-order valence-electron chi connectivity index (χ0n) is 23.1. The predicted octanol–water partition coefficient (Wildman–Crippen LogP) is 5.42. The van der Waals surface area contributed by atoms with Crippen molar-refractivity contribution in [1.29, 1.82) is 0 Å². The van der Waals surface area contributed by atoms with Crippen molar-refractivity contribution in [3.63, 3.8) is 0 Å². The minimum atomic E-state index is -0.817. The molecule has 1 aliphatic rings. The van der Waals surface area contributed by atoms with Crippen molar-refractivity contribution in [2.75, 3.05) is 12.4 Å². The molecule has 0 unspecified atom stereocenters. The largest absolute Gasteiger partial charge is 0.497 e. The number of ether oxygens (including phenoxy) is 1. The molecule has 0 aliphatic heterocycles. The van der Waals surface area contributed by atoms with Gasteiger partial charge in [-0.2, -0.15) is 0 Å². The minimum Gasteiger partial charge on any atom is -0.497 e. The number of aromatic nitrogens is 1. The molecule has 8 heteroatoms. The van der Waals surface area contributed by atoms with Crippen molar-refractivity contribution in [2.45, 2.75) is 70.0 Å². The topological polar surface area (TPSA) is 101 Å². The maximum atomic E-state index is 13.9. The molecule has 0 spiro atoms. The van der Waals surface area contributed by atoms with E-state index in [0.717, 1.165) is 31.2 Å². The summed E-state index contributed by atoms with van der Waals surface area (Å²) in [5.74, 6) is 0.574. The lowest BCUT2D eigenvalue weighted by Gasteiger charge is -2.33. The quantitative estimate of drug-likeness (QED) is 0.318. The first-order valence-corrected chi connectivity index (χ1v) is 14.0. The molecule has 0 radical (unpaired) electrons. The van der Waals surface area contributed by atoms with E-state index in [1.165, 1.54) is 6.42 Å². The highest BCUT2D eigenvalue weighted by Gasteiger charge is 2.33. The van der Waals surface area contributed by atoms with E-state index < -0.39 is 6.04 Å². The highest BCUT2D eigenvalue weighted by molar-refractivity contribution is 5.91. The van der Waals surface area contributed by atoms with Crippen molar-refractivity contribution >= 4 is 23.5 Å². The van der Waals surface area contributed by atoms with Gasteiger partial charge in [0.25, 0.3) is 0 Å². The van der Waals surface area contributed by atoms with Crippen LogP contribution in [0.15, 0.2) is 79.0 Å². The summed E-state index contributed by atoms with van der Waals surface area (Å²) < 4.78 is 5.33. The third-order valence-electron chi connectivity index (χ3n) is 7.19. The normalized spacial score (nSPS) is 14.1. The lowest BCUT2D eigenvalue weighted by Crippen LogP contribution is -2.46. The molecule has 1 fully saturated rings. The Morgan fingerprint density at radius 2 is 1.65 bits per heavy atom. The van der Waals surface area contributed by atoms with Gasteiger partial charge in [0.05, 0.1) is 7.11 Å². The van der Waals surface area contributed by atoms with E-state index >= 15 is 0 Å². The highest BCUT2D eigenvalue weighted by Crippen LogP contribution is 2.28. The molecule has 0 saturated heterocycles. The lowest BCUT2D eigenvalue weighted by atomic mass is 9.94. The molecule has 3 amide bonds. The van der Waals surface area contributed by atoms with Crippen molar-refractivity contribution in [3.8, 4) is 5.75 Å². The molecule has 2 N–H and O–H groups in total. The summed E-state index contributed by atoms with van der Waals surface area (Å²) in [5.41, 5.74) is 1.64. The minimum absolute atomic E-state index is 0.103. The number of nitrogens with one attached hydrogen (secondary N) is 2. The number of nitrogens with zero attached hydrogens (tertiary/aromatic N) is 2. The van der Waals surface area contributed by atoms with Gasteiger partial charge >= 0.3 is 0 Å². The zero-order valence-corrected chi connectivity index (χ0v) is 23.1. The van der Waals surface area contributed by atoms with E-state index in [4.69, 9.17) is 4.74 Å². The molecule has 0 bridgehead atoms. The van der Waals surface area contributed by atoms with Crippen molar-refractivity contribution in [2.24, 2.45) is 0 Å². The molecule has 1 heterocycles. The van der Waals surface area contributed by atoms with Gasteiger partial charge in [0.2, 0.25) is 17.7 Å². The van der Waals surface area contributed by atoms with Gasteiger partial charge in [-0.05, 0) is 54.7 Å². The maximum Gasteiger partial charge on any atom is 0.247 e. The molecule has 4 rings (SSSR count). The zero-order chi connectivity index (χ0) is 28.2. The number of carbonyl (C=O) groups is 3. The molecule has 40 heavy (non-hydrogen) atoms. The van der Waals surface area contributed by atoms with Gasteiger partial charge in [-0.15, -0.1) is 0 Å². The van der Waals surface area contributed by atoms with Gasteiger partial charge in [-0.3, -0.25) is 14.4 Å². The number of hydrogen-bond donors (Lipinski definition) is 2. The maximum absolute atomic E-state index is 13.9.